The van der Waals surface area contributed by atoms with Crippen LogP contribution in [0.5, 0.6) is 0 Å². The van der Waals surface area contributed by atoms with Crippen molar-refractivity contribution in [3.05, 3.63) is 33.9 Å². The summed E-state index contributed by atoms with van der Waals surface area (Å²) in [6.45, 7) is 9.42. The van der Waals surface area contributed by atoms with Crippen LogP contribution >= 0.6 is 0 Å². The van der Waals surface area contributed by atoms with Gasteiger partial charge in [0.1, 0.15) is 5.69 Å². The zero-order valence-corrected chi connectivity index (χ0v) is 14.8. The average Bonchev–Trinajstić information content (AvgIpc) is 2.57. The summed E-state index contributed by atoms with van der Waals surface area (Å²) in [7, 11) is 2.18. The van der Waals surface area contributed by atoms with E-state index in [4.69, 9.17) is 0 Å². The standard InChI is InChI=1S/C18H28N4O2/c1-15-5-6-17(18(12-15)22(23)24)21-7-3-4-16(14-21)13-20-10-8-19(2)9-11-20/h5-6,12,16H,3-4,7-11,13-14H2,1-2H3/t16-/m0/s1. The van der Waals surface area contributed by atoms with Crippen molar-refractivity contribution in [2.75, 3.05) is 57.8 Å². The topological polar surface area (TPSA) is 52.9 Å². The smallest absolute Gasteiger partial charge is 0.292 e. The molecule has 0 N–H and O–H groups in total. The number of piperazine rings is 1. The molecule has 2 saturated heterocycles. The lowest BCUT2D eigenvalue weighted by Gasteiger charge is -2.39. The molecule has 2 aliphatic heterocycles. The number of nitrogens with zero attached hydrogens (tertiary/aromatic N) is 4. The molecule has 6 nitrogen and oxygen atoms in total. The van der Waals surface area contributed by atoms with E-state index in [-0.39, 0.29) is 10.6 Å². The van der Waals surface area contributed by atoms with Crippen LogP contribution < -0.4 is 4.90 Å². The fourth-order valence-electron chi connectivity index (χ4n) is 3.88. The number of likely N-dealkylation sites (N-methyl/N-ethyl adjacent to an activating group) is 1. The van der Waals surface area contributed by atoms with Gasteiger partial charge in [-0.2, -0.15) is 0 Å². The summed E-state index contributed by atoms with van der Waals surface area (Å²) in [6.07, 6.45) is 2.34. The minimum atomic E-state index is -0.244. The van der Waals surface area contributed by atoms with Gasteiger partial charge < -0.3 is 14.7 Å². The van der Waals surface area contributed by atoms with E-state index >= 15 is 0 Å². The number of hydrogen-bond acceptors (Lipinski definition) is 5. The van der Waals surface area contributed by atoms with E-state index in [0.717, 1.165) is 63.5 Å². The first-order chi connectivity index (χ1) is 11.5. The quantitative estimate of drug-likeness (QED) is 0.626. The van der Waals surface area contributed by atoms with Crippen molar-refractivity contribution in [2.24, 2.45) is 5.92 Å². The number of anilines is 1. The molecule has 6 heteroatoms. The highest BCUT2D eigenvalue weighted by Crippen LogP contribution is 2.32. The van der Waals surface area contributed by atoms with E-state index in [1.807, 2.05) is 19.1 Å². The predicted molar refractivity (Wildman–Crippen MR) is 96.7 cm³/mol. The third kappa shape index (κ3) is 4.05. The van der Waals surface area contributed by atoms with Gasteiger partial charge in [-0.25, -0.2) is 0 Å². The van der Waals surface area contributed by atoms with Gasteiger partial charge >= 0.3 is 0 Å². The Morgan fingerprint density at radius 2 is 1.96 bits per heavy atom. The van der Waals surface area contributed by atoms with Crippen molar-refractivity contribution in [3.63, 3.8) is 0 Å². The number of hydrogen-bond donors (Lipinski definition) is 0. The molecular weight excluding hydrogens is 304 g/mol. The highest BCUT2D eigenvalue weighted by atomic mass is 16.6. The van der Waals surface area contributed by atoms with Crippen LogP contribution in [-0.2, 0) is 0 Å². The Bertz CT molecular complexity index is 584. The first-order valence-electron chi connectivity index (χ1n) is 8.94. The molecule has 24 heavy (non-hydrogen) atoms. The molecule has 2 heterocycles. The third-order valence-corrected chi connectivity index (χ3v) is 5.30. The summed E-state index contributed by atoms with van der Waals surface area (Å²) in [4.78, 5) is 18.3. The van der Waals surface area contributed by atoms with Gasteiger partial charge in [-0.15, -0.1) is 0 Å². The Balaban J connectivity index is 1.66. The summed E-state index contributed by atoms with van der Waals surface area (Å²) in [5, 5.41) is 11.4. The Morgan fingerprint density at radius 1 is 1.21 bits per heavy atom. The molecule has 132 valence electrons. The first-order valence-corrected chi connectivity index (χ1v) is 8.94. The molecule has 1 atom stereocenters. The van der Waals surface area contributed by atoms with E-state index in [2.05, 4.69) is 21.7 Å². The van der Waals surface area contributed by atoms with Crippen LogP contribution in [0.4, 0.5) is 11.4 Å². The third-order valence-electron chi connectivity index (χ3n) is 5.30. The summed E-state index contributed by atoms with van der Waals surface area (Å²) < 4.78 is 0. The van der Waals surface area contributed by atoms with Crippen molar-refractivity contribution in [1.29, 1.82) is 0 Å². The van der Waals surface area contributed by atoms with Crippen molar-refractivity contribution >= 4 is 11.4 Å². The van der Waals surface area contributed by atoms with Crippen LogP contribution in [0, 0.1) is 23.0 Å². The second-order valence-corrected chi connectivity index (χ2v) is 7.31. The molecule has 2 fully saturated rings. The highest BCUT2D eigenvalue weighted by Gasteiger charge is 2.27. The van der Waals surface area contributed by atoms with Gasteiger partial charge in [0.05, 0.1) is 4.92 Å². The number of aryl methyl sites for hydroxylation is 1. The molecule has 0 amide bonds. The van der Waals surface area contributed by atoms with Crippen LogP contribution in [0.2, 0.25) is 0 Å². The van der Waals surface area contributed by atoms with E-state index in [9.17, 15) is 10.1 Å². The Morgan fingerprint density at radius 3 is 2.67 bits per heavy atom. The first kappa shape index (κ1) is 17.2. The maximum Gasteiger partial charge on any atom is 0.292 e. The SMILES string of the molecule is Cc1ccc(N2CCC[C@@H](CN3CCN(C)CC3)C2)c([N+](=O)[O-])c1. The summed E-state index contributed by atoms with van der Waals surface area (Å²) in [6, 6.07) is 5.59. The molecule has 0 aromatic heterocycles. The van der Waals surface area contributed by atoms with E-state index in [1.54, 1.807) is 6.07 Å². The zero-order chi connectivity index (χ0) is 17.1. The van der Waals surface area contributed by atoms with Crippen LogP contribution in [0.3, 0.4) is 0 Å². The number of nitro benzene ring substituents is 1. The lowest BCUT2D eigenvalue weighted by Crippen LogP contribution is -2.48. The van der Waals surface area contributed by atoms with Crippen molar-refractivity contribution in [3.8, 4) is 0 Å². The van der Waals surface area contributed by atoms with Crippen LogP contribution in [0.15, 0.2) is 18.2 Å². The van der Waals surface area contributed by atoms with Crippen molar-refractivity contribution in [1.82, 2.24) is 9.80 Å². The van der Waals surface area contributed by atoms with Gasteiger partial charge in [0.25, 0.3) is 5.69 Å². The lowest BCUT2D eigenvalue weighted by atomic mass is 9.96. The molecule has 2 aliphatic rings. The number of piperidine rings is 1. The van der Waals surface area contributed by atoms with Gasteiger partial charge in [0.15, 0.2) is 0 Å². The van der Waals surface area contributed by atoms with Gasteiger partial charge in [-0.1, -0.05) is 6.07 Å². The number of rotatable bonds is 4. The lowest BCUT2D eigenvalue weighted by molar-refractivity contribution is -0.384. The number of nitro groups is 1. The Kier molecular flexibility index (Phi) is 5.36. The molecule has 0 unspecified atom stereocenters. The van der Waals surface area contributed by atoms with Gasteiger partial charge in [-0.05, 0) is 44.4 Å². The summed E-state index contributed by atoms with van der Waals surface area (Å²) in [5.74, 6) is 0.600. The van der Waals surface area contributed by atoms with Crippen LogP contribution in [0.25, 0.3) is 0 Å². The number of benzene rings is 1. The minimum absolute atomic E-state index is 0.244. The highest BCUT2D eigenvalue weighted by molar-refractivity contribution is 5.64. The van der Waals surface area contributed by atoms with E-state index in [1.165, 1.54) is 6.42 Å². The second kappa shape index (κ2) is 7.49. The molecule has 0 saturated carbocycles. The van der Waals surface area contributed by atoms with Gasteiger partial charge in [0.2, 0.25) is 0 Å². The molecule has 0 aliphatic carbocycles. The van der Waals surface area contributed by atoms with E-state index < -0.39 is 0 Å². The summed E-state index contributed by atoms with van der Waals surface area (Å²) in [5.41, 5.74) is 1.97. The largest absolute Gasteiger partial charge is 0.366 e. The Hall–Kier alpha value is -1.66. The predicted octanol–water partition coefficient (Wildman–Crippen LogP) is 2.37. The van der Waals surface area contributed by atoms with Gasteiger partial charge in [-0.3, -0.25) is 10.1 Å². The fourth-order valence-corrected chi connectivity index (χ4v) is 3.88. The Labute approximate surface area is 144 Å². The molecular formula is C18H28N4O2. The van der Waals surface area contributed by atoms with Crippen LogP contribution in [-0.4, -0.2) is 67.6 Å². The monoisotopic (exact) mass is 332 g/mol. The second-order valence-electron chi connectivity index (χ2n) is 7.31. The van der Waals surface area contributed by atoms with Gasteiger partial charge in [0, 0.05) is 51.9 Å². The zero-order valence-electron chi connectivity index (χ0n) is 14.8. The summed E-state index contributed by atoms with van der Waals surface area (Å²) >= 11 is 0. The average molecular weight is 332 g/mol. The minimum Gasteiger partial charge on any atom is -0.366 e. The van der Waals surface area contributed by atoms with E-state index in [0.29, 0.717) is 5.92 Å². The molecule has 0 spiro atoms. The maximum atomic E-state index is 11.4. The fraction of sp³-hybridized carbons (Fsp3) is 0.667. The van der Waals surface area contributed by atoms with Crippen molar-refractivity contribution < 1.29 is 4.92 Å². The van der Waals surface area contributed by atoms with Crippen LogP contribution in [0.1, 0.15) is 18.4 Å². The molecule has 0 bridgehead atoms. The normalized spacial score (nSPS) is 23.4. The molecule has 1 aromatic rings. The molecule has 3 rings (SSSR count). The van der Waals surface area contributed by atoms with Crippen molar-refractivity contribution in [2.45, 2.75) is 19.8 Å². The molecule has 1 aromatic carbocycles. The molecule has 0 radical (unpaired) electrons. The maximum absolute atomic E-state index is 11.4.